The number of hydrogen-bond donors (Lipinski definition) is 2. The number of aromatic carboxylic acids is 1. The molecule has 0 spiro atoms. The summed E-state index contributed by atoms with van der Waals surface area (Å²) < 4.78 is 19.5. The van der Waals surface area contributed by atoms with Crippen molar-refractivity contribution in [2.45, 2.75) is 26.2 Å². The summed E-state index contributed by atoms with van der Waals surface area (Å²) >= 11 is 6.06. The largest absolute Gasteiger partial charge is 0.493 e. The van der Waals surface area contributed by atoms with Gasteiger partial charge in [-0.2, -0.15) is 0 Å². The van der Waals surface area contributed by atoms with Crippen LogP contribution in [0.2, 0.25) is 5.02 Å². The molecule has 172 valence electrons. The van der Waals surface area contributed by atoms with Gasteiger partial charge in [0, 0.05) is 11.6 Å². The second-order valence-corrected chi connectivity index (χ2v) is 8.02. The molecule has 3 rings (SSSR count). The molecule has 5 nitrogen and oxygen atoms in total. The molecule has 7 heteroatoms. The molecule has 0 saturated heterocycles. The van der Waals surface area contributed by atoms with E-state index in [0.717, 1.165) is 24.5 Å². The SMILES string of the molecule is CCCCOc1ccc(Cl)cc1C(=O)NCCc1ccc(-c2cc(F)cc(C(=O)O)c2)cc1. The molecule has 0 aliphatic carbocycles. The standard InChI is InChI=1S/C26H25ClFNO4/c1-2-3-12-33-24-9-8-21(27)16-23(24)25(30)29-11-10-17-4-6-18(7-5-17)19-13-20(26(31)32)15-22(28)14-19/h4-9,13-16H,2-3,10-12H2,1H3,(H,29,30)(H,31,32). The van der Waals surface area contributed by atoms with Crippen molar-refractivity contribution < 1.29 is 23.8 Å². The number of carboxylic acids is 1. The highest BCUT2D eigenvalue weighted by Gasteiger charge is 2.13. The summed E-state index contributed by atoms with van der Waals surface area (Å²) in [6, 6.07) is 16.0. The number of hydrogen-bond acceptors (Lipinski definition) is 3. The Labute approximate surface area is 197 Å². The van der Waals surface area contributed by atoms with Gasteiger partial charge in [-0.05, 0) is 65.9 Å². The van der Waals surface area contributed by atoms with E-state index in [2.05, 4.69) is 12.2 Å². The van der Waals surface area contributed by atoms with Crippen molar-refractivity contribution in [3.05, 3.63) is 88.2 Å². The number of carbonyl (C=O) groups excluding carboxylic acids is 1. The molecule has 0 bridgehead atoms. The third kappa shape index (κ3) is 6.80. The molecule has 0 aliphatic heterocycles. The minimum Gasteiger partial charge on any atom is -0.493 e. The van der Waals surface area contributed by atoms with Crippen molar-refractivity contribution in [2.24, 2.45) is 0 Å². The Morgan fingerprint density at radius 3 is 2.48 bits per heavy atom. The first-order valence-electron chi connectivity index (χ1n) is 10.7. The van der Waals surface area contributed by atoms with E-state index in [4.69, 9.17) is 21.4 Å². The average Bonchev–Trinajstić information content (AvgIpc) is 2.80. The number of ether oxygens (including phenoxy) is 1. The number of nitrogens with one attached hydrogen (secondary N) is 1. The lowest BCUT2D eigenvalue weighted by Crippen LogP contribution is -2.26. The van der Waals surface area contributed by atoms with E-state index in [9.17, 15) is 14.0 Å². The summed E-state index contributed by atoms with van der Waals surface area (Å²) in [6.45, 7) is 3.00. The second-order valence-electron chi connectivity index (χ2n) is 7.58. The maximum absolute atomic E-state index is 13.8. The third-order valence-electron chi connectivity index (χ3n) is 5.07. The summed E-state index contributed by atoms with van der Waals surface area (Å²) in [6.07, 6.45) is 2.48. The minimum atomic E-state index is -1.18. The number of benzene rings is 3. The van der Waals surface area contributed by atoms with Gasteiger partial charge in [0.05, 0.1) is 17.7 Å². The molecule has 0 saturated carbocycles. The number of carbonyl (C=O) groups is 2. The Balaban J connectivity index is 1.61. The number of halogens is 2. The predicted octanol–water partition coefficient (Wildman–Crippen LogP) is 6.00. The Morgan fingerprint density at radius 2 is 1.79 bits per heavy atom. The van der Waals surface area contributed by atoms with E-state index in [1.807, 2.05) is 12.1 Å². The van der Waals surface area contributed by atoms with E-state index in [0.29, 0.717) is 47.0 Å². The van der Waals surface area contributed by atoms with Gasteiger partial charge in [-0.3, -0.25) is 4.79 Å². The predicted molar refractivity (Wildman–Crippen MR) is 127 cm³/mol. The summed E-state index contributed by atoms with van der Waals surface area (Å²) in [5.41, 5.74) is 2.46. The quantitative estimate of drug-likeness (QED) is 0.357. The van der Waals surface area contributed by atoms with Crippen LogP contribution in [0.5, 0.6) is 5.75 Å². The lowest BCUT2D eigenvalue weighted by Gasteiger charge is -2.12. The molecule has 3 aromatic carbocycles. The van der Waals surface area contributed by atoms with Gasteiger partial charge in [0.15, 0.2) is 0 Å². The number of carboxylic acid groups (broad SMARTS) is 1. The Kier molecular flexibility index (Phi) is 8.44. The van der Waals surface area contributed by atoms with Crippen LogP contribution in [0.15, 0.2) is 60.7 Å². The highest BCUT2D eigenvalue weighted by Crippen LogP contribution is 2.24. The second kappa shape index (κ2) is 11.5. The molecule has 3 aromatic rings. The van der Waals surface area contributed by atoms with Crippen molar-refractivity contribution in [1.82, 2.24) is 5.32 Å². The fourth-order valence-electron chi connectivity index (χ4n) is 3.29. The van der Waals surface area contributed by atoms with Gasteiger partial charge in [-0.15, -0.1) is 0 Å². The minimum absolute atomic E-state index is 0.101. The maximum atomic E-state index is 13.8. The zero-order valence-corrected chi connectivity index (χ0v) is 19.0. The monoisotopic (exact) mass is 469 g/mol. The van der Waals surface area contributed by atoms with Gasteiger partial charge in [0.2, 0.25) is 0 Å². The van der Waals surface area contributed by atoms with Gasteiger partial charge in [-0.25, -0.2) is 9.18 Å². The zero-order valence-electron chi connectivity index (χ0n) is 18.2. The Bertz CT molecular complexity index is 1130. The zero-order chi connectivity index (χ0) is 23.8. The number of amides is 1. The number of unbranched alkanes of at least 4 members (excludes halogenated alkanes) is 1. The molecule has 0 heterocycles. The number of rotatable bonds is 10. The van der Waals surface area contributed by atoms with E-state index < -0.39 is 11.8 Å². The van der Waals surface area contributed by atoms with Crippen molar-refractivity contribution in [2.75, 3.05) is 13.2 Å². The molecule has 0 aliphatic rings. The molecule has 2 N–H and O–H groups in total. The van der Waals surface area contributed by atoms with Gasteiger partial charge >= 0.3 is 5.97 Å². The molecular formula is C26H25ClFNO4. The van der Waals surface area contributed by atoms with E-state index in [1.54, 1.807) is 30.3 Å². The Morgan fingerprint density at radius 1 is 1.03 bits per heavy atom. The van der Waals surface area contributed by atoms with Crippen molar-refractivity contribution in [3.8, 4) is 16.9 Å². The molecule has 1 amide bonds. The van der Waals surface area contributed by atoms with E-state index >= 15 is 0 Å². The molecule has 0 unspecified atom stereocenters. The average molecular weight is 470 g/mol. The first-order valence-corrected chi connectivity index (χ1v) is 11.1. The summed E-state index contributed by atoms with van der Waals surface area (Å²) in [5, 5.41) is 12.5. The van der Waals surface area contributed by atoms with Gasteiger partial charge in [0.1, 0.15) is 11.6 Å². The van der Waals surface area contributed by atoms with Crippen LogP contribution in [0.3, 0.4) is 0 Å². The van der Waals surface area contributed by atoms with Crippen LogP contribution in [0.4, 0.5) is 4.39 Å². The molecule has 0 aromatic heterocycles. The smallest absolute Gasteiger partial charge is 0.335 e. The lowest BCUT2D eigenvalue weighted by molar-refractivity contribution is 0.0696. The van der Waals surface area contributed by atoms with Crippen LogP contribution in [-0.2, 0) is 6.42 Å². The van der Waals surface area contributed by atoms with Crippen LogP contribution < -0.4 is 10.1 Å². The first kappa shape index (κ1) is 24.3. The highest BCUT2D eigenvalue weighted by atomic mass is 35.5. The summed E-state index contributed by atoms with van der Waals surface area (Å²) in [7, 11) is 0. The first-order chi connectivity index (χ1) is 15.9. The van der Waals surface area contributed by atoms with Crippen molar-refractivity contribution >= 4 is 23.5 Å². The fraction of sp³-hybridized carbons (Fsp3) is 0.231. The topological polar surface area (TPSA) is 75.6 Å². The molecule has 0 radical (unpaired) electrons. The third-order valence-corrected chi connectivity index (χ3v) is 5.31. The summed E-state index contributed by atoms with van der Waals surface area (Å²) in [5.74, 6) is -1.54. The fourth-order valence-corrected chi connectivity index (χ4v) is 3.46. The van der Waals surface area contributed by atoms with Gasteiger partial charge in [0.25, 0.3) is 5.91 Å². The lowest BCUT2D eigenvalue weighted by atomic mass is 10.0. The van der Waals surface area contributed by atoms with E-state index in [-0.39, 0.29) is 11.5 Å². The van der Waals surface area contributed by atoms with Crippen LogP contribution in [0.1, 0.15) is 46.0 Å². The Hall–Kier alpha value is -3.38. The molecule has 33 heavy (non-hydrogen) atoms. The normalized spacial score (nSPS) is 10.6. The highest BCUT2D eigenvalue weighted by molar-refractivity contribution is 6.31. The van der Waals surface area contributed by atoms with Crippen LogP contribution in [0, 0.1) is 5.82 Å². The van der Waals surface area contributed by atoms with Crippen LogP contribution in [0.25, 0.3) is 11.1 Å². The van der Waals surface area contributed by atoms with Crippen molar-refractivity contribution in [3.63, 3.8) is 0 Å². The van der Waals surface area contributed by atoms with Crippen molar-refractivity contribution in [1.29, 1.82) is 0 Å². The van der Waals surface area contributed by atoms with Gasteiger partial charge in [-0.1, -0.05) is 49.2 Å². The molecular weight excluding hydrogens is 445 g/mol. The van der Waals surface area contributed by atoms with E-state index in [1.165, 1.54) is 12.1 Å². The maximum Gasteiger partial charge on any atom is 0.335 e. The van der Waals surface area contributed by atoms with Crippen LogP contribution in [-0.4, -0.2) is 30.1 Å². The van der Waals surface area contributed by atoms with Crippen LogP contribution >= 0.6 is 11.6 Å². The molecule has 0 fully saturated rings. The summed E-state index contributed by atoms with van der Waals surface area (Å²) in [4.78, 5) is 23.8. The van der Waals surface area contributed by atoms with Gasteiger partial charge < -0.3 is 15.2 Å². The molecule has 0 atom stereocenters.